The molecule has 134 valence electrons. The smallest absolute Gasteiger partial charge is 0.339 e. The molecule has 4 N–H and O–H groups in total. The molecule has 0 saturated carbocycles. The van der Waals surface area contributed by atoms with Crippen LogP contribution in [-0.2, 0) is 0 Å². The Balaban J connectivity index is 2.35. The van der Waals surface area contributed by atoms with Gasteiger partial charge in [0.25, 0.3) is 0 Å². The summed E-state index contributed by atoms with van der Waals surface area (Å²) in [6, 6.07) is 7.66. The number of carbonyl (C=O) groups is 1. The molecule has 0 fully saturated rings. The molecule has 0 unspecified atom stereocenters. The second-order valence-electron chi connectivity index (χ2n) is 5.67. The fraction of sp³-hybridized carbons (Fsp3) is 0.278. The van der Waals surface area contributed by atoms with E-state index in [9.17, 15) is 20.1 Å². The van der Waals surface area contributed by atoms with Gasteiger partial charge in [0, 0.05) is 12.1 Å². The maximum absolute atomic E-state index is 11.4. The number of aromatic hydroxyl groups is 1. The van der Waals surface area contributed by atoms with Crippen LogP contribution >= 0.6 is 0 Å². The van der Waals surface area contributed by atoms with E-state index in [2.05, 4.69) is 0 Å². The molecule has 0 amide bonds. The largest absolute Gasteiger partial charge is 0.508 e. The predicted octanol–water partition coefficient (Wildman–Crippen LogP) is 2.23. The maximum atomic E-state index is 11.4. The van der Waals surface area contributed by atoms with E-state index in [1.165, 1.54) is 18.2 Å². The average Bonchev–Trinajstić information content (AvgIpc) is 2.50. The van der Waals surface area contributed by atoms with E-state index in [1.807, 2.05) is 0 Å². The van der Waals surface area contributed by atoms with Crippen LogP contribution in [0, 0.1) is 13.8 Å². The molecule has 7 nitrogen and oxygen atoms in total. The summed E-state index contributed by atoms with van der Waals surface area (Å²) in [7, 11) is 0. The molecular formula is C18H20O7. The molecule has 0 aromatic heterocycles. The van der Waals surface area contributed by atoms with E-state index in [1.54, 1.807) is 26.0 Å². The van der Waals surface area contributed by atoms with Crippen LogP contribution in [0.25, 0.3) is 0 Å². The molecule has 2 aromatic carbocycles. The minimum Gasteiger partial charge on any atom is -0.508 e. The van der Waals surface area contributed by atoms with Gasteiger partial charge in [0.15, 0.2) is 0 Å². The highest BCUT2D eigenvalue weighted by atomic mass is 16.5. The van der Waals surface area contributed by atoms with Gasteiger partial charge in [0.2, 0.25) is 0 Å². The molecule has 2 aromatic rings. The first-order chi connectivity index (χ1) is 11.8. The topological polar surface area (TPSA) is 116 Å². The summed E-state index contributed by atoms with van der Waals surface area (Å²) in [4.78, 5) is 11.4. The molecule has 0 saturated heterocycles. The van der Waals surface area contributed by atoms with Crippen molar-refractivity contribution in [3.05, 3.63) is 47.0 Å². The lowest BCUT2D eigenvalue weighted by atomic mass is 10.1. The molecule has 0 bridgehead atoms. The van der Waals surface area contributed by atoms with Crippen LogP contribution in [0.2, 0.25) is 0 Å². The minimum absolute atomic E-state index is 0.0203. The summed E-state index contributed by atoms with van der Waals surface area (Å²) in [5, 5.41) is 37.2. The lowest BCUT2D eigenvalue weighted by molar-refractivity contribution is 0.0518. The number of aliphatic hydroxyl groups excluding tert-OH is 2. The third kappa shape index (κ3) is 4.85. The highest BCUT2D eigenvalue weighted by Gasteiger charge is 2.18. The first kappa shape index (κ1) is 18.6. The van der Waals surface area contributed by atoms with Crippen LogP contribution in [0.15, 0.2) is 30.3 Å². The number of phenolic OH excluding ortho intramolecular Hbond substituents is 1. The van der Waals surface area contributed by atoms with E-state index < -0.39 is 18.7 Å². The van der Waals surface area contributed by atoms with Gasteiger partial charge in [-0.1, -0.05) is 0 Å². The Labute approximate surface area is 144 Å². The second kappa shape index (κ2) is 7.87. The van der Waals surface area contributed by atoms with Crippen molar-refractivity contribution < 1.29 is 34.7 Å². The number of aliphatic hydroxyl groups is 2. The van der Waals surface area contributed by atoms with Gasteiger partial charge >= 0.3 is 5.97 Å². The fourth-order valence-corrected chi connectivity index (χ4v) is 2.33. The van der Waals surface area contributed by atoms with Crippen molar-refractivity contribution in [1.82, 2.24) is 0 Å². The van der Waals surface area contributed by atoms with Gasteiger partial charge in [-0.25, -0.2) is 4.79 Å². The van der Waals surface area contributed by atoms with Crippen LogP contribution in [-0.4, -0.2) is 45.7 Å². The lowest BCUT2D eigenvalue weighted by Crippen LogP contribution is -2.22. The average molecular weight is 348 g/mol. The normalized spacial score (nSPS) is 11.8. The van der Waals surface area contributed by atoms with E-state index >= 15 is 0 Å². The van der Waals surface area contributed by atoms with Gasteiger partial charge < -0.3 is 29.9 Å². The second-order valence-corrected chi connectivity index (χ2v) is 5.67. The minimum atomic E-state index is -1.18. The van der Waals surface area contributed by atoms with Gasteiger partial charge in [-0.3, -0.25) is 0 Å². The van der Waals surface area contributed by atoms with Crippen molar-refractivity contribution in [1.29, 1.82) is 0 Å². The van der Waals surface area contributed by atoms with Crippen LogP contribution in [0.1, 0.15) is 21.5 Å². The Kier molecular flexibility index (Phi) is 5.84. The summed E-state index contributed by atoms with van der Waals surface area (Å²) in [6.07, 6.45) is -1.12. The number of aromatic carboxylic acids is 1. The zero-order valence-electron chi connectivity index (χ0n) is 13.9. The number of hydrogen-bond acceptors (Lipinski definition) is 6. The quantitative estimate of drug-likeness (QED) is 0.606. The van der Waals surface area contributed by atoms with Gasteiger partial charge in [-0.15, -0.1) is 0 Å². The number of ether oxygens (including phenoxy) is 2. The van der Waals surface area contributed by atoms with Crippen LogP contribution < -0.4 is 9.47 Å². The number of rotatable bonds is 7. The summed E-state index contributed by atoms with van der Waals surface area (Å²) in [5.74, 6) is -0.392. The SMILES string of the molecule is Cc1cc(O)cc(Oc2cc(C)c(C(=O)O)c(OC[C@@H](O)CO)c2)c1. The predicted molar refractivity (Wildman–Crippen MR) is 89.6 cm³/mol. The number of phenols is 1. The number of carboxylic acids is 1. The third-order valence-corrected chi connectivity index (χ3v) is 3.40. The summed E-state index contributed by atoms with van der Waals surface area (Å²) in [5.41, 5.74) is 1.16. The zero-order chi connectivity index (χ0) is 18.6. The lowest BCUT2D eigenvalue weighted by Gasteiger charge is -2.16. The monoisotopic (exact) mass is 348 g/mol. The number of benzene rings is 2. The molecule has 0 aliphatic heterocycles. The van der Waals surface area contributed by atoms with Crippen molar-refractivity contribution in [3.8, 4) is 23.0 Å². The van der Waals surface area contributed by atoms with Crippen molar-refractivity contribution in [2.45, 2.75) is 20.0 Å². The van der Waals surface area contributed by atoms with Crippen molar-refractivity contribution >= 4 is 5.97 Å². The van der Waals surface area contributed by atoms with E-state index in [0.29, 0.717) is 17.1 Å². The molecular weight excluding hydrogens is 328 g/mol. The first-order valence-corrected chi connectivity index (χ1v) is 7.58. The Morgan fingerprint density at radius 1 is 1.12 bits per heavy atom. The highest BCUT2D eigenvalue weighted by molar-refractivity contribution is 5.93. The molecule has 7 heteroatoms. The van der Waals surface area contributed by atoms with Gasteiger partial charge in [-0.2, -0.15) is 0 Å². The van der Waals surface area contributed by atoms with Crippen LogP contribution in [0.5, 0.6) is 23.0 Å². The summed E-state index contributed by atoms with van der Waals surface area (Å²) in [6.45, 7) is 2.64. The van der Waals surface area contributed by atoms with Crippen molar-refractivity contribution in [2.24, 2.45) is 0 Å². The zero-order valence-corrected chi connectivity index (χ0v) is 13.9. The third-order valence-electron chi connectivity index (χ3n) is 3.40. The maximum Gasteiger partial charge on any atom is 0.339 e. The Hall–Kier alpha value is -2.77. The fourth-order valence-electron chi connectivity index (χ4n) is 2.33. The molecule has 0 radical (unpaired) electrons. The van der Waals surface area contributed by atoms with Gasteiger partial charge in [0.05, 0.1) is 6.61 Å². The number of hydrogen-bond donors (Lipinski definition) is 4. The van der Waals surface area contributed by atoms with Gasteiger partial charge in [0.1, 0.15) is 41.3 Å². The molecule has 0 spiro atoms. The summed E-state index contributed by atoms with van der Waals surface area (Å²) >= 11 is 0. The number of aryl methyl sites for hydroxylation is 2. The molecule has 0 aliphatic carbocycles. The van der Waals surface area contributed by atoms with Gasteiger partial charge in [-0.05, 0) is 43.2 Å². The molecule has 1 atom stereocenters. The van der Waals surface area contributed by atoms with E-state index in [-0.39, 0.29) is 23.7 Å². The molecule has 0 aliphatic rings. The van der Waals surface area contributed by atoms with Crippen molar-refractivity contribution in [3.63, 3.8) is 0 Å². The Bertz CT molecular complexity index is 750. The summed E-state index contributed by atoms with van der Waals surface area (Å²) < 4.78 is 11.0. The Morgan fingerprint density at radius 3 is 2.40 bits per heavy atom. The highest BCUT2D eigenvalue weighted by Crippen LogP contribution is 2.33. The number of carboxylic acid groups (broad SMARTS) is 1. The molecule has 25 heavy (non-hydrogen) atoms. The Morgan fingerprint density at radius 2 is 1.80 bits per heavy atom. The molecule has 0 heterocycles. The standard InChI is InChI=1S/C18H20O7/c1-10-3-12(20)6-14(4-10)25-15-5-11(2)17(18(22)23)16(7-15)24-9-13(21)8-19/h3-7,13,19-21H,8-9H2,1-2H3,(H,22,23)/t13-/m0/s1. The van der Waals surface area contributed by atoms with E-state index in [0.717, 1.165) is 5.56 Å². The molecule has 2 rings (SSSR count). The first-order valence-electron chi connectivity index (χ1n) is 7.58. The van der Waals surface area contributed by atoms with Crippen LogP contribution in [0.4, 0.5) is 0 Å². The van der Waals surface area contributed by atoms with Crippen LogP contribution in [0.3, 0.4) is 0 Å². The van der Waals surface area contributed by atoms with Crippen molar-refractivity contribution in [2.75, 3.05) is 13.2 Å². The van der Waals surface area contributed by atoms with E-state index in [4.69, 9.17) is 14.6 Å².